The first-order valence-electron chi connectivity index (χ1n) is 20.1. The van der Waals surface area contributed by atoms with E-state index in [4.69, 9.17) is 9.40 Å². The second-order valence-corrected chi connectivity index (χ2v) is 16.1. The Morgan fingerprint density at radius 3 is 1.90 bits per heavy atom. The lowest BCUT2D eigenvalue weighted by molar-refractivity contribution is 0.669. The maximum atomic E-state index is 6.49. The first-order valence-corrected chi connectivity index (χ1v) is 20.1. The predicted octanol–water partition coefficient (Wildman–Crippen LogP) is 14.7. The number of hydrogen-bond donors (Lipinski definition) is 0. The van der Waals surface area contributed by atoms with Crippen LogP contribution in [0.3, 0.4) is 0 Å². The van der Waals surface area contributed by atoms with Crippen LogP contribution in [0.15, 0.2) is 193 Å². The second-order valence-electron chi connectivity index (χ2n) is 16.1. The van der Waals surface area contributed by atoms with Crippen LogP contribution in [0.25, 0.3) is 110 Å². The van der Waals surface area contributed by atoms with Crippen LogP contribution in [0.5, 0.6) is 0 Å². The standard InChI is InChI=1S/C56H31NO/c1-2-11-36-32(9-1)10-7-14-38(36)39-24-19-34-20-25-42-37(23-18-33-21-26-43(39)54(34)53(33)42)35-22-27-44-49(29-35)56(48-16-8-28-57-55(44)48)47-15-5-3-12-40(47)45-31-52-46(30-50(45)56)41-13-4-6-17-51(41)58-52/h1-31H. The zero-order valence-electron chi connectivity index (χ0n) is 31.3. The van der Waals surface area contributed by atoms with Crippen molar-refractivity contribution in [1.29, 1.82) is 0 Å². The molecule has 0 aliphatic heterocycles. The highest BCUT2D eigenvalue weighted by Gasteiger charge is 2.52. The topological polar surface area (TPSA) is 26.0 Å². The summed E-state index contributed by atoms with van der Waals surface area (Å²) >= 11 is 0. The molecule has 0 N–H and O–H groups in total. The van der Waals surface area contributed by atoms with Crippen LogP contribution in [0.2, 0.25) is 0 Å². The van der Waals surface area contributed by atoms with E-state index in [1.165, 1.54) is 104 Å². The summed E-state index contributed by atoms with van der Waals surface area (Å²) in [5, 5.41) is 12.6. The quantitative estimate of drug-likeness (QED) is 0.165. The normalized spacial score (nSPS) is 15.3. The first-order chi connectivity index (χ1) is 28.8. The molecule has 2 aromatic heterocycles. The molecule has 266 valence electrons. The molecule has 10 aromatic carbocycles. The van der Waals surface area contributed by atoms with Crippen molar-refractivity contribution in [3.8, 4) is 44.6 Å². The highest BCUT2D eigenvalue weighted by Crippen LogP contribution is 2.63. The fourth-order valence-electron chi connectivity index (χ4n) is 11.1. The molecule has 0 bridgehead atoms. The molecule has 12 aromatic rings. The van der Waals surface area contributed by atoms with Gasteiger partial charge in [0.25, 0.3) is 0 Å². The Morgan fingerprint density at radius 2 is 1.00 bits per heavy atom. The smallest absolute Gasteiger partial charge is 0.136 e. The molecule has 0 saturated heterocycles. The third-order valence-electron chi connectivity index (χ3n) is 13.5. The van der Waals surface area contributed by atoms with Gasteiger partial charge in [-0.1, -0.05) is 152 Å². The molecule has 2 heterocycles. The Morgan fingerprint density at radius 1 is 0.345 bits per heavy atom. The molecule has 58 heavy (non-hydrogen) atoms. The van der Waals surface area contributed by atoms with Gasteiger partial charge >= 0.3 is 0 Å². The Kier molecular flexibility index (Phi) is 5.73. The van der Waals surface area contributed by atoms with Crippen molar-refractivity contribution < 1.29 is 4.42 Å². The van der Waals surface area contributed by atoms with E-state index in [0.717, 1.165) is 27.6 Å². The monoisotopic (exact) mass is 733 g/mol. The molecule has 1 atom stereocenters. The molecule has 0 radical (unpaired) electrons. The van der Waals surface area contributed by atoms with E-state index in [-0.39, 0.29) is 0 Å². The van der Waals surface area contributed by atoms with E-state index in [1.807, 2.05) is 6.20 Å². The number of furan rings is 1. The average molecular weight is 734 g/mol. The predicted molar refractivity (Wildman–Crippen MR) is 240 cm³/mol. The molecule has 14 rings (SSSR count). The molecule has 0 amide bonds. The van der Waals surface area contributed by atoms with Crippen molar-refractivity contribution in [2.45, 2.75) is 5.41 Å². The lowest BCUT2D eigenvalue weighted by atomic mass is 9.70. The molecular formula is C56H31NO. The Hall–Kier alpha value is -7.55. The third-order valence-corrected chi connectivity index (χ3v) is 13.5. The van der Waals surface area contributed by atoms with Gasteiger partial charge in [-0.2, -0.15) is 0 Å². The van der Waals surface area contributed by atoms with Gasteiger partial charge in [-0.25, -0.2) is 0 Å². The minimum atomic E-state index is -0.537. The van der Waals surface area contributed by atoms with Gasteiger partial charge in [-0.15, -0.1) is 0 Å². The van der Waals surface area contributed by atoms with Gasteiger partial charge in [0.1, 0.15) is 11.2 Å². The number of pyridine rings is 1. The summed E-state index contributed by atoms with van der Waals surface area (Å²) in [6, 6.07) is 67.6. The fourth-order valence-corrected chi connectivity index (χ4v) is 11.1. The van der Waals surface area contributed by atoms with E-state index in [1.54, 1.807) is 0 Å². The summed E-state index contributed by atoms with van der Waals surface area (Å²) < 4.78 is 6.49. The van der Waals surface area contributed by atoms with Crippen molar-refractivity contribution in [3.63, 3.8) is 0 Å². The molecule has 1 unspecified atom stereocenters. The van der Waals surface area contributed by atoms with Gasteiger partial charge in [0.05, 0.1) is 11.1 Å². The molecule has 2 nitrogen and oxygen atoms in total. The highest BCUT2D eigenvalue weighted by molar-refractivity contribution is 6.28. The van der Waals surface area contributed by atoms with Gasteiger partial charge in [-0.05, 0) is 129 Å². The largest absolute Gasteiger partial charge is 0.456 e. The summed E-state index contributed by atoms with van der Waals surface area (Å²) in [7, 11) is 0. The SMILES string of the molecule is c1ccc2c(c1)-c1cc3oc4ccccc4c3cc1C21c2cc(-c3ccc4ccc5c(-c6cccc7ccccc67)ccc6ccc3c4c65)ccc2-c2ncccc21. The summed E-state index contributed by atoms with van der Waals surface area (Å²) in [6.07, 6.45) is 1.94. The van der Waals surface area contributed by atoms with Crippen LogP contribution in [0.1, 0.15) is 22.3 Å². The van der Waals surface area contributed by atoms with Crippen LogP contribution < -0.4 is 0 Å². The van der Waals surface area contributed by atoms with Crippen LogP contribution in [0, 0.1) is 0 Å². The van der Waals surface area contributed by atoms with Crippen LogP contribution in [0.4, 0.5) is 0 Å². The average Bonchev–Trinajstić information content (AvgIpc) is 3.90. The molecule has 0 fully saturated rings. The zero-order chi connectivity index (χ0) is 37.7. The lowest BCUT2D eigenvalue weighted by Crippen LogP contribution is -2.26. The maximum absolute atomic E-state index is 6.49. The molecular weight excluding hydrogens is 703 g/mol. The van der Waals surface area contributed by atoms with Crippen LogP contribution in [-0.4, -0.2) is 4.98 Å². The molecule has 2 heteroatoms. The van der Waals surface area contributed by atoms with Gasteiger partial charge < -0.3 is 4.42 Å². The number of rotatable bonds is 2. The molecule has 2 aliphatic carbocycles. The Balaban J connectivity index is 1.04. The van der Waals surface area contributed by atoms with Crippen molar-refractivity contribution in [3.05, 3.63) is 210 Å². The number of nitrogens with zero attached hydrogens (tertiary/aromatic N) is 1. The van der Waals surface area contributed by atoms with E-state index >= 15 is 0 Å². The fraction of sp³-hybridized carbons (Fsp3) is 0.0179. The summed E-state index contributed by atoms with van der Waals surface area (Å²) in [5.74, 6) is 0. The van der Waals surface area contributed by atoms with Crippen molar-refractivity contribution in [2.24, 2.45) is 0 Å². The summed E-state index contributed by atoms with van der Waals surface area (Å²) in [6.45, 7) is 0. The lowest BCUT2D eigenvalue weighted by Gasteiger charge is -2.30. The first kappa shape index (κ1) is 30.6. The zero-order valence-corrected chi connectivity index (χ0v) is 31.3. The van der Waals surface area contributed by atoms with Crippen molar-refractivity contribution in [2.75, 3.05) is 0 Å². The van der Waals surface area contributed by atoms with E-state index in [9.17, 15) is 0 Å². The highest BCUT2D eigenvalue weighted by atomic mass is 16.3. The van der Waals surface area contributed by atoms with Gasteiger partial charge in [-0.3, -0.25) is 4.98 Å². The number of hydrogen-bond acceptors (Lipinski definition) is 2. The van der Waals surface area contributed by atoms with E-state index in [0.29, 0.717) is 0 Å². The van der Waals surface area contributed by atoms with Gasteiger partial charge in [0.2, 0.25) is 0 Å². The maximum Gasteiger partial charge on any atom is 0.136 e. The van der Waals surface area contributed by atoms with Crippen molar-refractivity contribution in [1.82, 2.24) is 4.98 Å². The number of fused-ring (bicyclic) bond motifs is 14. The third kappa shape index (κ3) is 3.71. The Bertz CT molecular complexity index is 3750. The van der Waals surface area contributed by atoms with E-state index in [2.05, 4.69) is 182 Å². The Labute approximate surface area is 333 Å². The summed E-state index contributed by atoms with van der Waals surface area (Å²) in [5.41, 5.74) is 16.1. The molecule has 0 saturated carbocycles. The number of benzene rings is 10. The van der Waals surface area contributed by atoms with Crippen molar-refractivity contribution >= 4 is 65.0 Å². The van der Waals surface area contributed by atoms with Gasteiger partial charge in [0.15, 0.2) is 0 Å². The summed E-state index contributed by atoms with van der Waals surface area (Å²) in [4.78, 5) is 5.11. The molecule has 1 spiro atoms. The van der Waals surface area contributed by atoms with Crippen LogP contribution in [-0.2, 0) is 5.41 Å². The van der Waals surface area contributed by atoms with E-state index < -0.39 is 5.41 Å². The van der Waals surface area contributed by atoms with Gasteiger partial charge in [0, 0.05) is 22.5 Å². The molecule has 2 aliphatic rings. The number of para-hydroxylation sites is 1. The minimum Gasteiger partial charge on any atom is -0.456 e. The number of aromatic nitrogens is 1. The minimum absolute atomic E-state index is 0.537. The second kappa shape index (κ2) is 10.8. The van der Waals surface area contributed by atoms with Crippen LogP contribution >= 0.6 is 0 Å².